The smallest absolute Gasteiger partial charge is 0.123 e. The van der Waals surface area contributed by atoms with Crippen LogP contribution in [0, 0.1) is 0 Å². The van der Waals surface area contributed by atoms with Crippen LogP contribution in [0.15, 0.2) is 35.0 Å². The Morgan fingerprint density at radius 2 is 2.11 bits per heavy atom. The number of fused-ring (bicyclic) bond motifs is 1. The van der Waals surface area contributed by atoms with Crippen molar-refractivity contribution in [3.63, 3.8) is 0 Å². The average Bonchev–Trinajstić information content (AvgIpc) is 2.91. The summed E-state index contributed by atoms with van der Waals surface area (Å²) in [5, 5.41) is 14.3. The zero-order chi connectivity index (χ0) is 12.8. The summed E-state index contributed by atoms with van der Waals surface area (Å²) in [6.07, 6.45) is 0.359. The molecule has 1 aromatic heterocycles. The van der Waals surface area contributed by atoms with Gasteiger partial charge in [-0.2, -0.15) is 11.3 Å². The van der Waals surface area contributed by atoms with Crippen molar-refractivity contribution in [2.75, 3.05) is 0 Å². The first-order valence-corrected chi connectivity index (χ1v) is 7.01. The van der Waals surface area contributed by atoms with E-state index in [1.165, 1.54) is 5.56 Å². The lowest BCUT2D eigenvalue weighted by Crippen LogP contribution is -2.24. The first-order valence-electron chi connectivity index (χ1n) is 6.07. The van der Waals surface area contributed by atoms with E-state index in [1.54, 1.807) is 11.3 Å². The van der Waals surface area contributed by atoms with E-state index < -0.39 is 6.10 Å². The van der Waals surface area contributed by atoms with Gasteiger partial charge in [0.15, 0.2) is 0 Å². The van der Waals surface area contributed by atoms with Crippen molar-refractivity contribution in [1.82, 2.24) is 0 Å². The summed E-state index contributed by atoms with van der Waals surface area (Å²) >= 11 is 1.60. The zero-order valence-corrected chi connectivity index (χ0v) is 11.3. The SMILES string of the molecule is CC1(C)Cc2cc(C(O)c3ccsc3)ccc2O1. The molecule has 1 aromatic carbocycles. The van der Waals surface area contributed by atoms with Crippen LogP contribution in [0.3, 0.4) is 0 Å². The second-order valence-electron chi connectivity index (χ2n) is 5.36. The minimum Gasteiger partial charge on any atom is -0.487 e. The summed E-state index contributed by atoms with van der Waals surface area (Å²) in [6.45, 7) is 4.17. The van der Waals surface area contributed by atoms with E-state index in [2.05, 4.69) is 19.9 Å². The zero-order valence-electron chi connectivity index (χ0n) is 10.5. The molecule has 94 valence electrons. The Morgan fingerprint density at radius 1 is 1.28 bits per heavy atom. The molecule has 1 aliphatic heterocycles. The Morgan fingerprint density at radius 3 is 2.83 bits per heavy atom. The fourth-order valence-electron chi connectivity index (χ4n) is 2.42. The lowest BCUT2D eigenvalue weighted by molar-refractivity contribution is 0.138. The standard InChI is InChI=1S/C15H16O2S/c1-15(2)8-12-7-10(3-4-13(12)17-15)14(16)11-5-6-18-9-11/h3-7,9,14,16H,8H2,1-2H3. The van der Waals surface area contributed by atoms with Gasteiger partial charge < -0.3 is 9.84 Å². The fraction of sp³-hybridized carbons (Fsp3) is 0.333. The summed E-state index contributed by atoms with van der Waals surface area (Å²) in [4.78, 5) is 0. The van der Waals surface area contributed by atoms with Gasteiger partial charge in [0.2, 0.25) is 0 Å². The third-order valence-corrected chi connectivity index (χ3v) is 3.96. The third kappa shape index (κ3) is 2.04. The van der Waals surface area contributed by atoms with E-state index in [0.29, 0.717) is 0 Å². The summed E-state index contributed by atoms with van der Waals surface area (Å²) in [7, 11) is 0. The fourth-order valence-corrected chi connectivity index (χ4v) is 3.10. The van der Waals surface area contributed by atoms with Crippen molar-refractivity contribution in [3.8, 4) is 5.75 Å². The van der Waals surface area contributed by atoms with Crippen LogP contribution in [-0.4, -0.2) is 10.7 Å². The highest BCUT2D eigenvalue weighted by atomic mass is 32.1. The van der Waals surface area contributed by atoms with Crippen LogP contribution >= 0.6 is 11.3 Å². The first kappa shape index (κ1) is 11.8. The van der Waals surface area contributed by atoms with Crippen molar-refractivity contribution >= 4 is 11.3 Å². The lowest BCUT2D eigenvalue weighted by Gasteiger charge is -2.16. The van der Waals surface area contributed by atoms with Gasteiger partial charge in [-0.3, -0.25) is 0 Å². The first-order chi connectivity index (χ1) is 8.55. The number of benzene rings is 1. The normalized spacial score (nSPS) is 18.2. The molecular formula is C15H16O2S. The largest absolute Gasteiger partial charge is 0.487 e. The van der Waals surface area contributed by atoms with Crippen LogP contribution in [0.25, 0.3) is 0 Å². The molecule has 3 heteroatoms. The Kier molecular flexibility index (Phi) is 2.68. The molecule has 18 heavy (non-hydrogen) atoms. The summed E-state index contributed by atoms with van der Waals surface area (Å²) in [5.74, 6) is 0.946. The third-order valence-electron chi connectivity index (χ3n) is 3.26. The maximum Gasteiger partial charge on any atom is 0.123 e. The molecule has 0 saturated carbocycles. The molecule has 2 aromatic rings. The van der Waals surface area contributed by atoms with Crippen LogP contribution < -0.4 is 4.74 Å². The number of hydrogen-bond acceptors (Lipinski definition) is 3. The van der Waals surface area contributed by atoms with Gasteiger partial charge in [-0.05, 0) is 59.5 Å². The molecule has 0 bridgehead atoms. The van der Waals surface area contributed by atoms with Crippen LogP contribution in [0.5, 0.6) is 5.75 Å². The van der Waals surface area contributed by atoms with E-state index in [9.17, 15) is 5.11 Å². The Balaban J connectivity index is 1.93. The molecule has 0 spiro atoms. The number of rotatable bonds is 2. The van der Waals surface area contributed by atoms with Crippen molar-refractivity contribution in [3.05, 3.63) is 51.7 Å². The van der Waals surface area contributed by atoms with Gasteiger partial charge in [-0.25, -0.2) is 0 Å². The van der Waals surface area contributed by atoms with Gasteiger partial charge in [0.1, 0.15) is 17.5 Å². The monoisotopic (exact) mass is 260 g/mol. The lowest BCUT2D eigenvalue weighted by atomic mass is 9.97. The van der Waals surface area contributed by atoms with Crippen molar-refractivity contribution < 1.29 is 9.84 Å². The van der Waals surface area contributed by atoms with Gasteiger partial charge in [0, 0.05) is 6.42 Å². The number of aliphatic hydroxyl groups excluding tert-OH is 1. The predicted molar refractivity (Wildman–Crippen MR) is 73.2 cm³/mol. The number of ether oxygens (including phenoxy) is 1. The molecule has 2 nitrogen and oxygen atoms in total. The van der Waals surface area contributed by atoms with E-state index in [-0.39, 0.29) is 5.60 Å². The number of hydrogen-bond donors (Lipinski definition) is 1. The highest BCUT2D eigenvalue weighted by Gasteiger charge is 2.30. The minimum atomic E-state index is -0.537. The van der Waals surface area contributed by atoms with Gasteiger partial charge in [0.05, 0.1) is 0 Å². The average molecular weight is 260 g/mol. The number of aliphatic hydroxyl groups is 1. The van der Waals surface area contributed by atoms with Gasteiger partial charge in [0.25, 0.3) is 0 Å². The Hall–Kier alpha value is -1.32. The molecule has 0 radical (unpaired) electrons. The molecule has 1 unspecified atom stereocenters. The second-order valence-corrected chi connectivity index (χ2v) is 6.14. The van der Waals surface area contributed by atoms with Crippen LogP contribution in [-0.2, 0) is 6.42 Å². The maximum absolute atomic E-state index is 10.3. The molecule has 1 atom stereocenters. The van der Waals surface area contributed by atoms with Crippen molar-refractivity contribution in [1.29, 1.82) is 0 Å². The topological polar surface area (TPSA) is 29.5 Å². The molecule has 3 rings (SSSR count). The highest BCUT2D eigenvalue weighted by molar-refractivity contribution is 7.07. The molecule has 0 aliphatic carbocycles. The summed E-state index contributed by atoms with van der Waals surface area (Å²) < 4.78 is 5.84. The van der Waals surface area contributed by atoms with Gasteiger partial charge >= 0.3 is 0 Å². The highest BCUT2D eigenvalue weighted by Crippen LogP contribution is 2.37. The Labute approximate surface area is 111 Å². The molecule has 1 aliphatic rings. The molecule has 1 N–H and O–H groups in total. The number of thiophene rings is 1. The van der Waals surface area contributed by atoms with Crippen LogP contribution in [0.4, 0.5) is 0 Å². The van der Waals surface area contributed by atoms with Crippen LogP contribution in [0.1, 0.15) is 36.6 Å². The summed E-state index contributed by atoms with van der Waals surface area (Å²) in [5.41, 5.74) is 2.95. The quantitative estimate of drug-likeness (QED) is 0.895. The van der Waals surface area contributed by atoms with Gasteiger partial charge in [-0.1, -0.05) is 6.07 Å². The maximum atomic E-state index is 10.3. The van der Waals surface area contributed by atoms with Crippen molar-refractivity contribution in [2.45, 2.75) is 32.0 Å². The molecule has 2 heterocycles. The molecular weight excluding hydrogens is 244 g/mol. The molecule has 0 fully saturated rings. The van der Waals surface area contributed by atoms with Gasteiger partial charge in [-0.15, -0.1) is 0 Å². The van der Waals surface area contributed by atoms with E-state index in [0.717, 1.165) is 23.3 Å². The second kappa shape index (κ2) is 4.11. The van der Waals surface area contributed by atoms with Crippen molar-refractivity contribution in [2.24, 2.45) is 0 Å². The van der Waals surface area contributed by atoms with E-state index in [4.69, 9.17) is 4.74 Å². The summed E-state index contributed by atoms with van der Waals surface area (Å²) in [6, 6.07) is 7.94. The van der Waals surface area contributed by atoms with E-state index in [1.807, 2.05) is 29.0 Å². The molecule has 0 amide bonds. The predicted octanol–water partition coefficient (Wildman–Crippen LogP) is 3.54. The van der Waals surface area contributed by atoms with E-state index >= 15 is 0 Å². The van der Waals surface area contributed by atoms with Crippen LogP contribution in [0.2, 0.25) is 0 Å². The molecule has 0 saturated heterocycles. The Bertz CT molecular complexity index is 558. The minimum absolute atomic E-state index is 0.131.